The minimum atomic E-state index is 0.223. The lowest BCUT2D eigenvalue weighted by Crippen LogP contribution is -2.40. The number of aromatic nitrogens is 3. The molecule has 1 aromatic carbocycles. The van der Waals surface area contributed by atoms with Crippen molar-refractivity contribution in [3.63, 3.8) is 0 Å². The standard InChI is InChI=1S/C24H37N7O/c1-5-23-29-28-18-31(23)14-11-25-24(26-16-19(2)3)27-17-22(30-12-6-7-13-30)20-9-8-10-21(15-20)32-4/h8-10,15,18,22H,2,5-7,11-14,16-17H2,1,3-4H3,(H2,25,26,27). The van der Waals surface area contributed by atoms with Crippen molar-refractivity contribution in [3.05, 3.63) is 54.1 Å². The molecular weight excluding hydrogens is 402 g/mol. The Morgan fingerprint density at radius 1 is 1.28 bits per heavy atom. The van der Waals surface area contributed by atoms with E-state index in [1.165, 1.54) is 18.4 Å². The molecule has 1 aliphatic rings. The molecule has 2 aromatic rings. The topological polar surface area (TPSA) is 79.6 Å². The van der Waals surface area contributed by atoms with Crippen molar-refractivity contribution >= 4 is 5.96 Å². The molecule has 1 aliphatic heterocycles. The van der Waals surface area contributed by atoms with Crippen LogP contribution in [-0.2, 0) is 13.0 Å². The van der Waals surface area contributed by atoms with Gasteiger partial charge in [-0.2, -0.15) is 0 Å². The summed E-state index contributed by atoms with van der Waals surface area (Å²) in [6.45, 7) is 13.2. The van der Waals surface area contributed by atoms with Crippen LogP contribution in [0.4, 0.5) is 0 Å². The Morgan fingerprint density at radius 2 is 2.09 bits per heavy atom. The lowest BCUT2D eigenvalue weighted by Gasteiger charge is -2.27. The van der Waals surface area contributed by atoms with E-state index in [0.29, 0.717) is 13.1 Å². The first kappa shape index (κ1) is 23.8. The number of nitrogens with one attached hydrogen (secondary N) is 2. The van der Waals surface area contributed by atoms with Crippen molar-refractivity contribution in [2.75, 3.05) is 39.8 Å². The summed E-state index contributed by atoms with van der Waals surface area (Å²) in [4.78, 5) is 7.49. The molecule has 1 fully saturated rings. The molecule has 0 amide bonds. The highest BCUT2D eigenvalue weighted by Gasteiger charge is 2.23. The number of hydrogen-bond donors (Lipinski definition) is 2. The third-order valence-corrected chi connectivity index (χ3v) is 5.70. The molecule has 1 aromatic heterocycles. The molecule has 2 N–H and O–H groups in total. The van der Waals surface area contributed by atoms with E-state index in [9.17, 15) is 0 Å². The molecule has 1 saturated heterocycles. The van der Waals surface area contributed by atoms with Gasteiger partial charge in [-0.15, -0.1) is 10.2 Å². The molecule has 0 spiro atoms. The lowest BCUT2D eigenvalue weighted by molar-refractivity contribution is 0.251. The highest BCUT2D eigenvalue weighted by molar-refractivity contribution is 5.80. The van der Waals surface area contributed by atoms with Crippen LogP contribution in [0, 0.1) is 0 Å². The van der Waals surface area contributed by atoms with Crippen LogP contribution in [0.15, 0.2) is 47.7 Å². The summed E-state index contributed by atoms with van der Waals surface area (Å²) in [7, 11) is 1.71. The number of rotatable bonds is 11. The Labute approximate surface area is 191 Å². The van der Waals surface area contributed by atoms with Gasteiger partial charge in [0.15, 0.2) is 5.96 Å². The predicted molar refractivity (Wildman–Crippen MR) is 129 cm³/mol. The van der Waals surface area contributed by atoms with Gasteiger partial charge in [-0.1, -0.05) is 31.2 Å². The summed E-state index contributed by atoms with van der Waals surface area (Å²) >= 11 is 0. The zero-order valence-electron chi connectivity index (χ0n) is 19.7. The van der Waals surface area contributed by atoms with Gasteiger partial charge in [0.2, 0.25) is 0 Å². The number of ether oxygens (including phenoxy) is 1. The van der Waals surface area contributed by atoms with Crippen LogP contribution in [-0.4, -0.2) is 65.5 Å². The first-order chi connectivity index (χ1) is 15.6. The van der Waals surface area contributed by atoms with E-state index in [1.54, 1.807) is 13.4 Å². The SMILES string of the molecule is C=C(C)CNC(=NCC(c1cccc(OC)c1)N1CCCC1)NCCn1cnnc1CC. The quantitative estimate of drug-likeness (QED) is 0.318. The van der Waals surface area contributed by atoms with Gasteiger partial charge in [-0.25, -0.2) is 0 Å². The van der Waals surface area contributed by atoms with Crippen LogP contribution < -0.4 is 15.4 Å². The maximum atomic E-state index is 5.46. The fourth-order valence-corrected chi connectivity index (χ4v) is 3.95. The normalized spacial score (nSPS) is 15.5. The summed E-state index contributed by atoms with van der Waals surface area (Å²) in [5, 5.41) is 15.0. The van der Waals surface area contributed by atoms with E-state index >= 15 is 0 Å². The van der Waals surface area contributed by atoms with Crippen LogP contribution >= 0.6 is 0 Å². The average Bonchev–Trinajstić information content (AvgIpc) is 3.49. The van der Waals surface area contributed by atoms with Crippen LogP contribution in [0.25, 0.3) is 0 Å². The fraction of sp³-hybridized carbons (Fsp3) is 0.542. The molecule has 1 unspecified atom stereocenters. The fourth-order valence-electron chi connectivity index (χ4n) is 3.95. The zero-order valence-corrected chi connectivity index (χ0v) is 19.7. The van der Waals surface area contributed by atoms with E-state index in [-0.39, 0.29) is 6.04 Å². The van der Waals surface area contributed by atoms with Gasteiger partial charge in [0.1, 0.15) is 17.9 Å². The van der Waals surface area contributed by atoms with E-state index < -0.39 is 0 Å². The van der Waals surface area contributed by atoms with Crippen molar-refractivity contribution in [1.82, 2.24) is 30.3 Å². The van der Waals surface area contributed by atoms with Gasteiger partial charge < -0.3 is 19.9 Å². The second kappa shape index (κ2) is 12.2. The number of methoxy groups -OCH3 is 1. The Bertz CT molecular complexity index is 886. The van der Waals surface area contributed by atoms with Crippen LogP contribution in [0.3, 0.4) is 0 Å². The highest BCUT2D eigenvalue weighted by Crippen LogP contribution is 2.27. The third-order valence-electron chi connectivity index (χ3n) is 5.70. The average molecular weight is 440 g/mol. The van der Waals surface area contributed by atoms with E-state index in [4.69, 9.17) is 9.73 Å². The third kappa shape index (κ3) is 6.82. The Morgan fingerprint density at radius 3 is 2.81 bits per heavy atom. The molecule has 0 radical (unpaired) electrons. The van der Waals surface area contributed by atoms with Gasteiger partial charge in [0, 0.05) is 26.1 Å². The molecule has 0 saturated carbocycles. The molecule has 8 heteroatoms. The van der Waals surface area contributed by atoms with E-state index in [0.717, 1.165) is 55.7 Å². The molecular formula is C24H37N7O. The number of aryl methyl sites for hydroxylation is 1. The molecule has 8 nitrogen and oxygen atoms in total. The van der Waals surface area contributed by atoms with Crippen LogP contribution in [0.5, 0.6) is 5.75 Å². The molecule has 0 aliphatic carbocycles. The van der Waals surface area contributed by atoms with Crippen molar-refractivity contribution < 1.29 is 4.74 Å². The predicted octanol–water partition coefficient (Wildman–Crippen LogP) is 2.80. The molecule has 1 atom stereocenters. The molecule has 0 bridgehead atoms. The first-order valence-electron chi connectivity index (χ1n) is 11.5. The summed E-state index contributed by atoms with van der Waals surface area (Å²) in [6.07, 6.45) is 5.13. The van der Waals surface area contributed by atoms with Crippen LogP contribution in [0.1, 0.15) is 44.1 Å². The number of guanidine groups is 1. The summed E-state index contributed by atoms with van der Waals surface area (Å²) in [5.41, 5.74) is 2.31. The smallest absolute Gasteiger partial charge is 0.191 e. The molecule has 3 rings (SSSR count). The minimum absolute atomic E-state index is 0.223. The molecule has 2 heterocycles. The van der Waals surface area contributed by atoms with Crippen LogP contribution in [0.2, 0.25) is 0 Å². The van der Waals surface area contributed by atoms with E-state index in [1.807, 2.05) is 13.0 Å². The van der Waals surface area contributed by atoms with Gasteiger partial charge in [0.05, 0.1) is 19.7 Å². The van der Waals surface area contributed by atoms with Gasteiger partial charge in [-0.3, -0.25) is 9.89 Å². The molecule has 174 valence electrons. The number of aliphatic imine (C=N–C) groups is 1. The number of likely N-dealkylation sites (tertiary alicyclic amines) is 1. The Kier molecular flexibility index (Phi) is 9.10. The Balaban J connectivity index is 1.71. The Hall–Kier alpha value is -2.87. The van der Waals surface area contributed by atoms with Gasteiger partial charge in [-0.05, 0) is 50.6 Å². The van der Waals surface area contributed by atoms with Crippen molar-refractivity contribution in [2.24, 2.45) is 4.99 Å². The maximum absolute atomic E-state index is 5.46. The minimum Gasteiger partial charge on any atom is -0.497 e. The van der Waals surface area contributed by atoms with Gasteiger partial charge in [0.25, 0.3) is 0 Å². The maximum Gasteiger partial charge on any atom is 0.191 e. The van der Waals surface area contributed by atoms with E-state index in [2.05, 4.69) is 62.0 Å². The van der Waals surface area contributed by atoms with Crippen molar-refractivity contribution in [2.45, 2.75) is 45.7 Å². The first-order valence-corrected chi connectivity index (χ1v) is 11.5. The molecule has 32 heavy (non-hydrogen) atoms. The second-order valence-corrected chi connectivity index (χ2v) is 8.26. The second-order valence-electron chi connectivity index (χ2n) is 8.26. The summed E-state index contributed by atoms with van der Waals surface area (Å²) in [5.74, 6) is 2.67. The number of benzene rings is 1. The monoisotopic (exact) mass is 439 g/mol. The van der Waals surface area contributed by atoms with Crippen molar-refractivity contribution in [1.29, 1.82) is 0 Å². The number of hydrogen-bond acceptors (Lipinski definition) is 5. The largest absolute Gasteiger partial charge is 0.497 e. The lowest BCUT2D eigenvalue weighted by atomic mass is 10.1. The number of nitrogens with zero attached hydrogens (tertiary/aromatic N) is 5. The zero-order chi connectivity index (χ0) is 22.8. The summed E-state index contributed by atoms with van der Waals surface area (Å²) < 4.78 is 7.54. The highest BCUT2D eigenvalue weighted by atomic mass is 16.5. The van der Waals surface area contributed by atoms with Crippen molar-refractivity contribution in [3.8, 4) is 5.75 Å². The van der Waals surface area contributed by atoms with Gasteiger partial charge >= 0.3 is 0 Å². The summed E-state index contributed by atoms with van der Waals surface area (Å²) in [6, 6.07) is 8.58.